The Morgan fingerprint density at radius 2 is 0.942 bits per heavy atom. The molecular weight excluding hydrogens is 751 g/mol. The van der Waals surface area contributed by atoms with E-state index < -0.39 is 32.0 Å². The molecule has 0 spiro atoms. The Bertz CT molecular complexity index is 1320. The molecule has 0 aliphatic carbocycles. The van der Waals surface area contributed by atoms with E-state index in [1.807, 2.05) is 21.0 Å². The van der Waals surface area contributed by atoms with Crippen molar-refractivity contribution in [1.82, 2.24) is 21.3 Å². The highest BCUT2D eigenvalue weighted by Crippen LogP contribution is 2.13. The fraction of sp³-hybridized carbons (Fsp3) is 0.862. The molecule has 23 heteroatoms. The van der Waals surface area contributed by atoms with Gasteiger partial charge in [0.25, 0.3) is 0 Å². The second kappa shape index (κ2) is 25.0. The summed E-state index contributed by atoms with van der Waals surface area (Å²) in [6, 6.07) is 0. The molecule has 0 aromatic rings. The molecule has 4 amide bonds. The number of hydrogen-bond donors (Lipinski definition) is 7. The van der Waals surface area contributed by atoms with Gasteiger partial charge in [0.2, 0.25) is 35.4 Å². The number of carbonyl (C=O) groups excluding carboxylic acids is 4. The van der Waals surface area contributed by atoms with Crippen LogP contribution in [0.2, 0.25) is 0 Å². The second-order valence-electron chi connectivity index (χ2n) is 14.0. The molecule has 0 rings (SSSR count). The molecule has 0 fully saturated rings. The van der Waals surface area contributed by atoms with E-state index >= 15 is 0 Å². The molecule has 0 aliphatic rings. The van der Waals surface area contributed by atoms with Crippen LogP contribution in [0.3, 0.4) is 0 Å². The molecule has 0 heterocycles. The zero-order chi connectivity index (χ0) is 39.9. The highest BCUT2D eigenvalue weighted by atomic mass is 32.2. The van der Waals surface area contributed by atoms with E-state index in [0.717, 1.165) is 12.0 Å². The third kappa shape index (κ3) is 28.3. The smallest absolute Gasteiger partial charge is 0.316 e. The van der Waals surface area contributed by atoms with Crippen LogP contribution in [0.1, 0.15) is 58.3 Å². The molecule has 2 unspecified atom stereocenters. The van der Waals surface area contributed by atoms with Crippen molar-refractivity contribution in [3.8, 4) is 0 Å². The van der Waals surface area contributed by atoms with Crippen LogP contribution in [0.25, 0.3) is 0 Å². The fourth-order valence-corrected chi connectivity index (χ4v) is 7.71. The van der Waals surface area contributed by atoms with Gasteiger partial charge in [0.1, 0.15) is 13.1 Å². The van der Waals surface area contributed by atoms with Gasteiger partial charge < -0.3 is 34.7 Å². The first-order valence-corrected chi connectivity index (χ1v) is 21.2. The Morgan fingerprint density at radius 1 is 0.596 bits per heavy atom. The predicted molar refractivity (Wildman–Crippen MR) is 194 cm³/mol. The summed E-state index contributed by atoms with van der Waals surface area (Å²) in [6.45, 7) is 4.15. The van der Waals surface area contributed by atoms with Gasteiger partial charge in [0.05, 0.1) is 79.5 Å². The van der Waals surface area contributed by atoms with Gasteiger partial charge in [0.15, 0.2) is 5.88 Å². The fourth-order valence-electron chi connectivity index (χ4n) is 5.12. The molecule has 0 radical (unpaired) electrons. The number of rotatable bonds is 31. The molecule has 0 saturated heterocycles. The largest absolute Gasteiger partial charge is 0.356 e. The van der Waals surface area contributed by atoms with Crippen molar-refractivity contribution in [3.63, 3.8) is 0 Å². The molecular formula is C29H62N7O13S3+3. The van der Waals surface area contributed by atoms with Gasteiger partial charge in [-0.25, -0.2) is 5.26 Å². The van der Waals surface area contributed by atoms with Crippen molar-refractivity contribution in [2.24, 2.45) is 0 Å². The maximum absolute atomic E-state index is 12.4. The summed E-state index contributed by atoms with van der Waals surface area (Å²) in [5.41, 5.74) is 0. The summed E-state index contributed by atoms with van der Waals surface area (Å²) in [7, 11) is -1.71. The second-order valence-corrected chi connectivity index (χ2v) is 17.5. The van der Waals surface area contributed by atoms with Gasteiger partial charge in [-0.05, 0) is 32.6 Å². The van der Waals surface area contributed by atoms with Crippen LogP contribution in [0.4, 0.5) is 0 Å². The molecule has 0 saturated carbocycles. The lowest BCUT2D eigenvalue weighted by atomic mass is 10.2. The van der Waals surface area contributed by atoms with Gasteiger partial charge >= 0.3 is 20.2 Å². The normalized spacial score (nSPS) is 14.5. The number of hydrogen-bond acceptors (Lipinski definition) is 12. The van der Waals surface area contributed by atoms with E-state index in [2.05, 4.69) is 30.6 Å². The van der Waals surface area contributed by atoms with E-state index in [1.165, 1.54) is 0 Å². The van der Waals surface area contributed by atoms with Crippen molar-refractivity contribution in [1.29, 1.82) is 0 Å². The number of quaternary nitrogens is 3. The zero-order valence-corrected chi connectivity index (χ0v) is 33.6. The molecule has 2 atom stereocenters. The highest BCUT2D eigenvalue weighted by molar-refractivity contribution is 7.94. The lowest BCUT2D eigenvalue weighted by molar-refractivity contribution is -0.944. The first-order chi connectivity index (χ1) is 24.0. The topological polar surface area (TPSA) is 264 Å². The third-order valence-electron chi connectivity index (χ3n) is 8.09. The first-order valence-electron chi connectivity index (χ1n) is 17.1. The minimum Gasteiger partial charge on any atom is -0.356 e. The molecule has 0 aromatic heterocycles. The molecule has 0 bridgehead atoms. The third-order valence-corrected chi connectivity index (χ3v) is 10.9. The Labute approximate surface area is 312 Å². The first kappa shape index (κ1) is 49.8. The SMILES string of the molecule is CCNC(=O)CCCCC(=O)NCC[N+](C)(CCNC(=O)CCCCC(=O)NCC[N+](C)(CC[N+](C)(C)CSOOO)CS(=O)(=O)O)CS(=O)(=O)O. The lowest BCUT2D eigenvalue weighted by Crippen LogP contribution is -2.56. The van der Waals surface area contributed by atoms with E-state index in [4.69, 9.17) is 5.26 Å². The minimum absolute atomic E-state index is 0.0683. The van der Waals surface area contributed by atoms with Crippen molar-refractivity contribution < 1.29 is 73.2 Å². The van der Waals surface area contributed by atoms with E-state index in [0.29, 0.717) is 62.1 Å². The van der Waals surface area contributed by atoms with Crippen molar-refractivity contribution in [2.75, 3.05) is 105 Å². The van der Waals surface area contributed by atoms with Crippen LogP contribution in [0.5, 0.6) is 0 Å². The van der Waals surface area contributed by atoms with Gasteiger partial charge in [-0.3, -0.25) is 28.3 Å². The minimum atomic E-state index is -4.36. The maximum atomic E-state index is 12.4. The Balaban J connectivity index is 4.61. The molecule has 306 valence electrons. The summed E-state index contributed by atoms with van der Waals surface area (Å²) >= 11 is 0.865. The highest BCUT2D eigenvalue weighted by Gasteiger charge is 2.32. The number of unbranched alkanes of at least 4 members (excludes halogenated alkanes) is 2. The zero-order valence-electron chi connectivity index (χ0n) is 31.1. The van der Waals surface area contributed by atoms with Crippen molar-refractivity contribution >= 4 is 55.9 Å². The van der Waals surface area contributed by atoms with Gasteiger partial charge in [-0.1, -0.05) is 5.04 Å². The standard InChI is InChI=1S/C29H59N7O13S3/c1-6-30-26(37)11-7-8-12-27(38)31-15-18-35(4,24-51(42,43)44)19-16-32-28(39)13-9-10-14-29(40)33-17-20-36(5,25-52(45,46)47)22-21-34(2,3)23-50-49-48-41/h6-25H2,1-5H3,(H4-3,30,31,32,33,37,38,39,40,41,42,43,44,45,46,47)/p+3. The Hall–Kier alpha value is -2.19. The van der Waals surface area contributed by atoms with Crippen molar-refractivity contribution in [2.45, 2.75) is 58.3 Å². The summed E-state index contributed by atoms with van der Waals surface area (Å²) in [5, 5.41) is 22.8. The van der Waals surface area contributed by atoms with E-state index in [9.17, 15) is 45.1 Å². The summed E-state index contributed by atoms with van der Waals surface area (Å²) < 4.78 is 70.3. The van der Waals surface area contributed by atoms with Crippen molar-refractivity contribution in [3.05, 3.63) is 0 Å². The number of carbonyl (C=O) groups is 4. The molecule has 52 heavy (non-hydrogen) atoms. The number of likely N-dealkylation sites (N-methyl/N-ethyl adjacent to an activating group) is 3. The molecule has 20 nitrogen and oxygen atoms in total. The average molecular weight is 813 g/mol. The van der Waals surface area contributed by atoms with Crippen LogP contribution in [0.15, 0.2) is 0 Å². The summed E-state index contributed by atoms with van der Waals surface area (Å²) in [5.74, 6) is -1.67. The van der Waals surface area contributed by atoms with Crippen LogP contribution < -0.4 is 21.3 Å². The lowest BCUT2D eigenvalue weighted by Gasteiger charge is -2.37. The van der Waals surface area contributed by atoms with E-state index in [1.54, 1.807) is 14.1 Å². The Morgan fingerprint density at radius 3 is 1.27 bits per heavy atom. The van der Waals surface area contributed by atoms with E-state index in [-0.39, 0.29) is 91.1 Å². The Kier molecular flexibility index (Phi) is 23.9. The molecule has 0 aliphatic heterocycles. The summed E-state index contributed by atoms with van der Waals surface area (Å²) in [6.07, 6.45) is 2.69. The van der Waals surface area contributed by atoms with Gasteiger partial charge in [-0.15, -0.1) is 4.33 Å². The van der Waals surface area contributed by atoms with Gasteiger partial charge in [0, 0.05) is 32.2 Å². The van der Waals surface area contributed by atoms with Crippen LogP contribution in [-0.2, 0) is 48.8 Å². The quantitative estimate of drug-likeness (QED) is 0.00867. The maximum Gasteiger partial charge on any atom is 0.316 e. The molecule has 0 aromatic carbocycles. The monoisotopic (exact) mass is 812 g/mol. The number of nitrogens with zero attached hydrogens (tertiary/aromatic N) is 3. The number of amides is 4. The van der Waals surface area contributed by atoms with Crippen LogP contribution in [-0.4, -0.2) is 173 Å². The number of nitrogens with one attached hydrogen (secondary N) is 4. The summed E-state index contributed by atoms with van der Waals surface area (Å²) in [4.78, 5) is 48.5. The van der Waals surface area contributed by atoms with Crippen LogP contribution in [0, 0.1) is 0 Å². The average Bonchev–Trinajstić information content (AvgIpc) is 2.99. The molecule has 7 N–H and O–H groups in total. The van der Waals surface area contributed by atoms with Crippen LogP contribution >= 0.6 is 12.0 Å². The predicted octanol–water partition coefficient (Wildman–Crippen LogP) is -0.721. The van der Waals surface area contributed by atoms with Gasteiger partial charge in [-0.2, -0.15) is 16.8 Å².